The maximum atomic E-state index is 10.3. The van der Waals surface area contributed by atoms with E-state index in [1.54, 1.807) is 25.3 Å². The molecule has 0 spiro atoms. The van der Waals surface area contributed by atoms with E-state index in [2.05, 4.69) is 9.24 Å². The van der Waals surface area contributed by atoms with Crippen LogP contribution < -0.4 is 10.0 Å². The molecule has 0 saturated heterocycles. The molecule has 0 saturated carbocycles. The Kier molecular flexibility index (Phi) is 2.61. The van der Waals surface area contributed by atoms with Crippen LogP contribution in [-0.2, 0) is 0 Å². The molecule has 0 aliphatic carbocycles. The van der Waals surface area contributed by atoms with Crippen molar-refractivity contribution in [1.29, 1.82) is 0 Å². The highest BCUT2D eigenvalue weighted by molar-refractivity contribution is 7.27. The van der Waals surface area contributed by atoms with Crippen molar-refractivity contribution >= 4 is 20.8 Å². The van der Waals surface area contributed by atoms with Crippen LogP contribution in [-0.4, -0.2) is 13.4 Å². The fourth-order valence-electron chi connectivity index (χ4n) is 0.826. The summed E-state index contributed by atoms with van der Waals surface area (Å²) in [6.07, 6.45) is 0.812. The van der Waals surface area contributed by atoms with Crippen LogP contribution in [0.25, 0.3) is 0 Å². The van der Waals surface area contributed by atoms with E-state index in [1.807, 2.05) is 0 Å². The molecule has 0 radical (unpaired) electrons. The molecule has 0 aliphatic heterocycles. The lowest BCUT2D eigenvalue weighted by molar-refractivity contribution is 0.112. The predicted molar refractivity (Wildman–Crippen MR) is 47.7 cm³/mol. The van der Waals surface area contributed by atoms with Gasteiger partial charge < -0.3 is 4.74 Å². The highest BCUT2D eigenvalue weighted by Gasteiger charge is 1.97. The minimum absolute atomic E-state index is 0.663. The quantitative estimate of drug-likeness (QED) is 0.486. The summed E-state index contributed by atoms with van der Waals surface area (Å²) in [5.74, 6) is 0.778. The fraction of sp³-hybridized carbons (Fsp3) is 0.125. The van der Waals surface area contributed by atoms with Crippen LogP contribution in [0, 0.1) is 0 Å². The van der Waals surface area contributed by atoms with Gasteiger partial charge in [0.25, 0.3) is 0 Å². The molecular formula is C8H9O2P. The molecule has 1 unspecified atom stereocenters. The summed E-state index contributed by atoms with van der Waals surface area (Å²) in [7, 11) is 4.11. The normalized spacial score (nSPS) is 9.27. The van der Waals surface area contributed by atoms with Crippen LogP contribution in [0.5, 0.6) is 5.75 Å². The summed E-state index contributed by atoms with van der Waals surface area (Å²) in [5, 5.41) is 0.900. The maximum Gasteiger partial charge on any atom is 0.150 e. The monoisotopic (exact) mass is 168 g/mol. The molecule has 0 bridgehead atoms. The topological polar surface area (TPSA) is 26.3 Å². The number of benzene rings is 1. The molecule has 1 atom stereocenters. The minimum Gasteiger partial charge on any atom is -0.496 e. The van der Waals surface area contributed by atoms with Crippen LogP contribution in [0.4, 0.5) is 0 Å². The Labute approximate surface area is 67.8 Å². The highest BCUT2D eigenvalue weighted by atomic mass is 31.0. The van der Waals surface area contributed by atoms with E-state index in [0.717, 1.165) is 17.3 Å². The largest absolute Gasteiger partial charge is 0.496 e. The first kappa shape index (κ1) is 8.22. The summed E-state index contributed by atoms with van der Waals surface area (Å²) in [6.45, 7) is 0. The van der Waals surface area contributed by atoms with E-state index < -0.39 is 0 Å². The van der Waals surface area contributed by atoms with Crippen molar-refractivity contribution in [2.75, 3.05) is 7.11 Å². The van der Waals surface area contributed by atoms with Gasteiger partial charge >= 0.3 is 0 Å². The third-order valence-corrected chi connectivity index (χ3v) is 1.84. The van der Waals surface area contributed by atoms with E-state index >= 15 is 0 Å². The molecule has 0 heterocycles. The Bertz CT molecular complexity index is 271. The number of rotatable bonds is 2. The highest BCUT2D eigenvalue weighted by Crippen LogP contribution is 2.10. The molecule has 1 aromatic rings. The van der Waals surface area contributed by atoms with Gasteiger partial charge in [0, 0.05) is 10.9 Å². The minimum atomic E-state index is 0.663. The number of ether oxygens (including phenoxy) is 1. The lowest BCUT2D eigenvalue weighted by atomic mass is 10.2. The van der Waals surface area contributed by atoms with Gasteiger partial charge in [-0.3, -0.25) is 4.79 Å². The first-order chi connectivity index (χ1) is 5.27. The van der Waals surface area contributed by atoms with Crippen molar-refractivity contribution < 1.29 is 9.53 Å². The van der Waals surface area contributed by atoms with Crippen molar-refractivity contribution in [2.45, 2.75) is 0 Å². The summed E-state index contributed by atoms with van der Waals surface area (Å²) in [4.78, 5) is 10.3. The third kappa shape index (κ3) is 1.78. The lowest BCUT2D eigenvalue weighted by Crippen LogP contribution is -1.99. The molecule has 1 rings (SSSR count). The standard InChI is InChI=1S/C8H9O2P/c1-10-7-3-2-6(5-9)4-8(7)11/h2-5H,11H2,1H3. The predicted octanol–water partition coefficient (Wildman–Crippen LogP) is 1.01. The molecule has 0 aromatic heterocycles. The third-order valence-electron chi connectivity index (χ3n) is 1.39. The maximum absolute atomic E-state index is 10.3. The number of aldehydes is 1. The van der Waals surface area contributed by atoms with Gasteiger partial charge in [0.1, 0.15) is 12.0 Å². The zero-order valence-corrected chi connectivity index (χ0v) is 7.36. The van der Waals surface area contributed by atoms with E-state index in [1.165, 1.54) is 0 Å². The smallest absolute Gasteiger partial charge is 0.150 e. The van der Waals surface area contributed by atoms with E-state index in [4.69, 9.17) is 4.74 Å². The molecule has 0 amide bonds. The molecule has 0 fully saturated rings. The average Bonchev–Trinajstić information content (AvgIpc) is 2.04. The van der Waals surface area contributed by atoms with Gasteiger partial charge in [-0.2, -0.15) is 0 Å². The number of hydrogen-bond acceptors (Lipinski definition) is 2. The van der Waals surface area contributed by atoms with Crippen molar-refractivity contribution in [3.05, 3.63) is 23.8 Å². The average molecular weight is 168 g/mol. The van der Waals surface area contributed by atoms with Gasteiger partial charge in [-0.25, -0.2) is 0 Å². The summed E-state index contributed by atoms with van der Waals surface area (Å²) < 4.78 is 5.01. The molecule has 11 heavy (non-hydrogen) atoms. The Balaban J connectivity index is 3.09. The molecular weight excluding hydrogens is 159 g/mol. The van der Waals surface area contributed by atoms with Crippen LogP contribution in [0.1, 0.15) is 10.4 Å². The molecule has 0 aliphatic rings. The van der Waals surface area contributed by atoms with Gasteiger partial charge in [-0.05, 0) is 18.2 Å². The number of hydrogen-bond donors (Lipinski definition) is 0. The Hall–Kier alpha value is -0.880. The second-order valence-corrected chi connectivity index (χ2v) is 2.74. The van der Waals surface area contributed by atoms with E-state index in [9.17, 15) is 4.79 Å². The number of carbonyl (C=O) groups excluding carboxylic acids is 1. The zero-order chi connectivity index (χ0) is 8.27. The fourth-order valence-corrected chi connectivity index (χ4v) is 1.23. The summed E-state index contributed by atoms with van der Waals surface area (Å²) >= 11 is 0. The zero-order valence-electron chi connectivity index (χ0n) is 6.20. The van der Waals surface area contributed by atoms with Gasteiger partial charge in [0.15, 0.2) is 0 Å². The number of carbonyl (C=O) groups is 1. The van der Waals surface area contributed by atoms with Crippen LogP contribution in [0.2, 0.25) is 0 Å². The van der Waals surface area contributed by atoms with Crippen LogP contribution >= 0.6 is 9.24 Å². The first-order valence-electron chi connectivity index (χ1n) is 3.16. The Morgan fingerprint density at radius 2 is 2.27 bits per heavy atom. The molecule has 58 valence electrons. The van der Waals surface area contributed by atoms with E-state index in [0.29, 0.717) is 5.56 Å². The SMILES string of the molecule is COc1ccc(C=O)cc1P. The van der Waals surface area contributed by atoms with Gasteiger partial charge in [-0.1, -0.05) is 0 Å². The molecule has 3 heteroatoms. The molecule has 1 aromatic carbocycles. The lowest BCUT2D eigenvalue weighted by Gasteiger charge is -2.02. The second kappa shape index (κ2) is 3.49. The number of methoxy groups -OCH3 is 1. The van der Waals surface area contributed by atoms with Gasteiger partial charge in [-0.15, -0.1) is 9.24 Å². The van der Waals surface area contributed by atoms with Crippen LogP contribution in [0.3, 0.4) is 0 Å². The summed E-state index contributed by atoms with van der Waals surface area (Å²) in [5.41, 5.74) is 0.663. The first-order valence-corrected chi connectivity index (χ1v) is 3.74. The molecule has 0 N–H and O–H groups in total. The van der Waals surface area contributed by atoms with E-state index in [-0.39, 0.29) is 0 Å². The Morgan fingerprint density at radius 3 is 2.73 bits per heavy atom. The van der Waals surface area contributed by atoms with Crippen molar-refractivity contribution in [3.8, 4) is 5.75 Å². The summed E-state index contributed by atoms with van der Waals surface area (Å²) in [6, 6.07) is 5.25. The molecule has 2 nitrogen and oxygen atoms in total. The second-order valence-electron chi connectivity index (χ2n) is 2.12. The van der Waals surface area contributed by atoms with Crippen molar-refractivity contribution in [3.63, 3.8) is 0 Å². The van der Waals surface area contributed by atoms with Gasteiger partial charge in [0.05, 0.1) is 7.11 Å². The van der Waals surface area contributed by atoms with Crippen molar-refractivity contribution in [1.82, 2.24) is 0 Å². The van der Waals surface area contributed by atoms with Crippen molar-refractivity contribution in [2.24, 2.45) is 0 Å². The Morgan fingerprint density at radius 1 is 1.55 bits per heavy atom. The van der Waals surface area contributed by atoms with Crippen LogP contribution in [0.15, 0.2) is 18.2 Å². The van der Waals surface area contributed by atoms with Gasteiger partial charge in [0.2, 0.25) is 0 Å².